The monoisotopic (exact) mass is 288 g/mol. The number of amides is 2. The van der Waals surface area contributed by atoms with Crippen LogP contribution in [0.3, 0.4) is 0 Å². The van der Waals surface area contributed by atoms with Crippen LogP contribution in [0.2, 0.25) is 0 Å². The summed E-state index contributed by atoms with van der Waals surface area (Å²) in [5, 5.41) is 14.8. The minimum absolute atomic E-state index is 0.166. The first kappa shape index (κ1) is 15.4. The molecule has 1 aliphatic rings. The second-order valence-corrected chi connectivity index (χ2v) is 5.57. The van der Waals surface area contributed by atoms with Gasteiger partial charge in [0, 0.05) is 12.7 Å². The Morgan fingerprint density at radius 2 is 1.90 bits per heavy atom. The summed E-state index contributed by atoms with van der Waals surface area (Å²) >= 11 is 0. The highest BCUT2D eigenvalue weighted by molar-refractivity contribution is 5.74. The Labute approximate surface area is 126 Å². The quantitative estimate of drug-likeness (QED) is 0.778. The SMILES string of the molecule is O=C(N/C=C/C1CCCCC1)NCCc1ccc(O)cc1. The van der Waals surface area contributed by atoms with Gasteiger partial charge >= 0.3 is 6.03 Å². The first-order chi connectivity index (χ1) is 10.2. The van der Waals surface area contributed by atoms with E-state index < -0.39 is 0 Å². The van der Waals surface area contributed by atoms with E-state index in [9.17, 15) is 9.90 Å². The third-order valence-electron chi connectivity index (χ3n) is 3.87. The molecule has 2 rings (SSSR count). The van der Waals surface area contributed by atoms with E-state index in [2.05, 4.69) is 16.7 Å². The van der Waals surface area contributed by atoms with Gasteiger partial charge in [-0.25, -0.2) is 4.79 Å². The second-order valence-electron chi connectivity index (χ2n) is 5.57. The van der Waals surface area contributed by atoms with Gasteiger partial charge in [0.25, 0.3) is 0 Å². The number of carbonyl (C=O) groups is 1. The van der Waals surface area contributed by atoms with Crippen molar-refractivity contribution in [1.29, 1.82) is 0 Å². The third-order valence-corrected chi connectivity index (χ3v) is 3.87. The van der Waals surface area contributed by atoms with Crippen LogP contribution in [0.15, 0.2) is 36.5 Å². The van der Waals surface area contributed by atoms with Crippen molar-refractivity contribution in [2.45, 2.75) is 38.5 Å². The molecule has 0 atom stereocenters. The van der Waals surface area contributed by atoms with Crippen molar-refractivity contribution in [3.63, 3.8) is 0 Å². The summed E-state index contributed by atoms with van der Waals surface area (Å²) in [7, 11) is 0. The molecule has 0 unspecified atom stereocenters. The van der Waals surface area contributed by atoms with Crippen LogP contribution >= 0.6 is 0 Å². The van der Waals surface area contributed by atoms with Crippen molar-refractivity contribution in [1.82, 2.24) is 10.6 Å². The molecule has 1 aromatic rings. The van der Waals surface area contributed by atoms with Gasteiger partial charge in [0.15, 0.2) is 0 Å². The second kappa shape index (κ2) is 8.35. The summed E-state index contributed by atoms with van der Waals surface area (Å²) in [6, 6.07) is 6.86. The van der Waals surface area contributed by atoms with E-state index in [-0.39, 0.29) is 11.8 Å². The number of benzene rings is 1. The van der Waals surface area contributed by atoms with Gasteiger partial charge in [-0.1, -0.05) is 37.5 Å². The Hall–Kier alpha value is -1.97. The molecule has 1 aromatic carbocycles. The molecule has 114 valence electrons. The molecule has 1 fully saturated rings. The van der Waals surface area contributed by atoms with E-state index in [1.165, 1.54) is 32.1 Å². The predicted molar refractivity (Wildman–Crippen MR) is 84.1 cm³/mol. The number of hydrogen-bond acceptors (Lipinski definition) is 2. The van der Waals surface area contributed by atoms with Crippen LogP contribution in [0.25, 0.3) is 0 Å². The standard InChI is InChI=1S/C17H24N2O2/c20-16-8-6-15(7-9-16)11-13-19-17(21)18-12-10-14-4-2-1-3-5-14/h6-10,12,14,20H,1-5,11,13H2,(H2,18,19,21)/b12-10+. The zero-order valence-electron chi connectivity index (χ0n) is 12.3. The van der Waals surface area contributed by atoms with Gasteiger partial charge in [-0.15, -0.1) is 0 Å². The maximum absolute atomic E-state index is 11.6. The molecule has 4 nitrogen and oxygen atoms in total. The predicted octanol–water partition coefficient (Wildman–Crippen LogP) is 3.33. The van der Waals surface area contributed by atoms with Crippen LogP contribution in [-0.2, 0) is 6.42 Å². The van der Waals surface area contributed by atoms with E-state index in [0.717, 1.165) is 12.0 Å². The van der Waals surface area contributed by atoms with E-state index in [0.29, 0.717) is 12.5 Å². The highest BCUT2D eigenvalue weighted by atomic mass is 16.3. The smallest absolute Gasteiger partial charge is 0.318 e. The van der Waals surface area contributed by atoms with Crippen molar-refractivity contribution in [3.05, 3.63) is 42.1 Å². The van der Waals surface area contributed by atoms with Gasteiger partial charge in [-0.3, -0.25) is 0 Å². The van der Waals surface area contributed by atoms with Gasteiger partial charge in [-0.2, -0.15) is 0 Å². The maximum atomic E-state index is 11.6. The van der Waals surface area contributed by atoms with Crippen LogP contribution in [0.1, 0.15) is 37.7 Å². The number of carbonyl (C=O) groups excluding carboxylic acids is 1. The molecule has 1 saturated carbocycles. The molecule has 0 heterocycles. The normalized spacial score (nSPS) is 16.0. The largest absolute Gasteiger partial charge is 0.508 e. The fourth-order valence-corrected chi connectivity index (χ4v) is 2.62. The van der Waals surface area contributed by atoms with Gasteiger partial charge in [-0.05, 0) is 42.9 Å². The molecule has 0 radical (unpaired) electrons. The van der Waals surface area contributed by atoms with Crippen molar-refractivity contribution < 1.29 is 9.90 Å². The van der Waals surface area contributed by atoms with Crippen LogP contribution in [-0.4, -0.2) is 17.7 Å². The minimum atomic E-state index is -0.166. The molecule has 0 aliphatic heterocycles. The number of rotatable bonds is 5. The fourth-order valence-electron chi connectivity index (χ4n) is 2.62. The van der Waals surface area contributed by atoms with Gasteiger partial charge in [0.05, 0.1) is 0 Å². The molecule has 0 bridgehead atoms. The lowest BCUT2D eigenvalue weighted by Crippen LogP contribution is -2.33. The number of phenolic OH excluding ortho intramolecular Hbond substituents is 1. The summed E-state index contributed by atoms with van der Waals surface area (Å²) in [6.45, 7) is 0.577. The Bertz CT molecular complexity index is 462. The van der Waals surface area contributed by atoms with Crippen LogP contribution < -0.4 is 10.6 Å². The average Bonchev–Trinajstić information content (AvgIpc) is 2.50. The molecule has 2 amide bonds. The van der Waals surface area contributed by atoms with Crippen molar-refractivity contribution in [2.75, 3.05) is 6.54 Å². The van der Waals surface area contributed by atoms with E-state index in [1.807, 2.05) is 12.1 Å². The summed E-state index contributed by atoms with van der Waals surface area (Å²) in [5.74, 6) is 0.883. The maximum Gasteiger partial charge on any atom is 0.318 e. The number of hydrogen-bond donors (Lipinski definition) is 3. The average molecular weight is 288 g/mol. The molecular weight excluding hydrogens is 264 g/mol. The van der Waals surface area contributed by atoms with E-state index in [4.69, 9.17) is 0 Å². The van der Waals surface area contributed by atoms with E-state index >= 15 is 0 Å². The lowest BCUT2D eigenvalue weighted by molar-refractivity contribution is 0.244. The lowest BCUT2D eigenvalue weighted by atomic mass is 9.89. The highest BCUT2D eigenvalue weighted by Crippen LogP contribution is 2.24. The van der Waals surface area contributed by atoms with Crippen molar-refractivity contribution >= 4 is 6.03 Å². The number of nitrogens with one attached hydrogen (secondary N) is 2. The molecule has 0 spiro atoms. The third kappa shape index (κ3) is 5.90. The van der Waals surface area contributed by atoms with Gasteiger partial charge < -0.3 is 15.7 Å². The molecule has 4 heteroatoms. The number of urea groups is 1. The Balaban J connectivity index is 1.60. The van der Waals surface area contributed by atoms with E-state index in [1.54, 1.807) is 18.3 Å². The van der Waals surface area contributed by atoms with Crippen molar-refractivity contribution in [3.8, 4) is 5.75 Å². The topological polar surface area (TPSA) is 61.4 Å². The fraction of sp³-hybridized carbons (Fsp3) is 0.471. The molecule has 1 aliphatic carbocycles. The number of phenols is 1. The molecule has 0 aromatic heterocycles. The number of aromatic hydroxyl groups is 1. The molecule has 21 heavy (non-hydrogen) atoms. The number of allylic oxidation sites excluding steroid dienone is 1. The van der Waals surface area contributed by atoms with Crippen molar-refractivity contribution in [2.24, 2.45) is 5.92 Å². The molecule has 0 saturated heterocycles. The first-order valence-corrected chi connectivity index (χ1v) is 7.73. The summed E-state index contributed by atoms with van der Waals surface area (Å²) in [4.78, 5) is 11.6. The summed E-state index contributed by atoms with van der Waals surface area (Å²) in [6.07, 6.45) is 11.0. The first-order valence-electron chi connectivity index (χ1n) is 7.73. The minimum Gasteiger partial charge on any atom is -0.508 e. The van der Waals surface area contributed by atoms with Crippen LogP contribution in [0.5, 0.6) is 5.75 Å². The zero-order chi connectivity index (χ0) is 14.9. The van der Waals surface area contributed by atoms with Crippen LogP contribution in [0, 0.1) is 5.92 Å². The Kier molecular flexibility index (Phi) is 6.13. The Morgan fingerprint density at radius 1 is 1.19 bits per heavy atom. The zero-order valence-corrected chi connectivity index (χ0v) is 12.3. The van der Waals surface area contributed by atoms with Gasteiger partial charge in [0.1, 0.15) is 5.75 Å². The van der Waals surface area contributed by atoms with Crippen LogP contribution in [0.4, 0.5) is 4.79 Å². The Morgan fingerprint density at radius 3 is 2.62 bits per heavy atom. The molecule has 3 N–H and O–H groups in total. The molecular formula is C17H24N2O2. The highest BCUT2D eigenvalue weighted by Gasteiger charge is 2.09. The lowest BCUT2D eigenvalue weighted by Gasteiger charge is -2.17. The summed E-state index contributed by atoms with van der Waals surface area (Å²) < 4.78 is 0. The summed E-state index contributed by atoms with van der Waals surface area (Å²) in [5.41, 5.74) is 1.09. The van der Waals surface area contributed by atoms with Gasteiger partial charge in [0.2, 0.25) is 0 Å².